The quantitative estimate of drug-likeness (QED) is 0.635. The first-order valence-corrected chi connectivity index (χ1v) is 6.19. The highest BCUT2D eigenvalue weighted by atomic mass is 35.5. The zero-order valence-corrected chi connectivity index (χ0v) is 10.9. The van der Waals surface area contributed by atoms with E-state index in [1.54, 1.807) is 24.3 Å². The fraction of sp³-hybridized carbons (Fsp3) is 0. The first-order valence-electron chi connectivity index (χ1n) is 5.81. The number of nitrogens with zero attached hydrogens (tertiary/aromatic N) is 2. The number of rotatable bonds is 2. The Kier molecular flexibility index (Phi) is 3.12. The topological polar surface area (TPSA) is 60.7 Å². The number of nitrogens with one attached hydrogen (secondary N) is 1. The minimum Gasteiger partial charge on any atom is -0.493 e. The first-order chi connectivity index (χ1) is 9.63. The van der Waals surface area contributed by atoms with Crippen molar-refractivity contribution in [2.24, 2.45) is 10.2 Å². The van der Waals surface area contributed by atoms with Gasteiger partial charge >= 0.3 is 0 Å². The van der Waals surface area contributed by atoms with Crippen molar-refractivity contribution in [2.45, 2.75) is 0 Å². The van der Waals surface area contributed by atoms with Crippen molar-refractivity contribution in [1.29, 1.82) is 0 Å². The molecule has 100 valence electrons. The molecule has 0 radical (unpaired) electrons. The van der Waals surface area contributed by atoms with Gasteiger partial charge in [-0.05, 0) is 42.5 Å². The van der Waals surface area contributed by atoms with E-state index in [4.69, 9.17) is 11.6 Å². The summed E-state index contributed by atoms with van der Waals surface area (Å²) in [7, 11) is 0. The summed E-state index contributed by atoms with van der Waals surface area (Å²) in [6, 6.07) is 10.9. The van der Waals surface area contributed by atoms with Crippen LogP contribution in [0.2, 0.25) is 5.02 Å². The number of H-pyrrole nitrogens is 1. The Balaban J connectivity index is 2.03. The van der Waals surface area contributed by atoms with E-state index in [0.717, 1.165) is 0 Å². The van der Waals surface area contributed by atoms with Crippen molar-refractivity contribution >= 4 is 33.9 Å². The summed E-state index contributed by atoms with van der Waals surface area (Å²) in [6.45, 7) is 0. The minimum atomic E-state index is -0.403. The zero-order chi connectivity index (χ0) is 14.1. The summed E-state index contributed by atoms with van der Waals surface area (Å²) in [6.07, 6.45) is 0. The number of hydrogen-bond acceptors (Lipinski definition) is 3. The van der Waals surface area contributed by atoms with Crippen LogP contribution in [0.1, 0.15) is 0 Å². The van der Waals surface area contributed by atoms with Gasteiger partial charge in [0.25, 0.3) is 0 Å². The lowest BCUT2D eigenvalue weighted by Crippen LogP contribution is -1.72. The Hall–Kier alpha value is -2.40. The van der Waals surface area contributed by atoms with Gasteiger partial charge in [-0.1, -0.05) is 11.6 Å². The molecule has 3 rings (SSSR count). The predicted molar refractivity (Wildman–Crippen MR) is 75.5 cm³/mol. The van der Waals surface area contributed by atoms with E-state index < -0.39 is 5.82 Å². The first kappa shape index (κ1) is 12.6. The van der Waals surface area contributed by atoms with Crippen LogP contribution in [0, 0.1) is 5.82 Å². The molecule has 1 heterocycles. The molecular formula is C14H9ClFN3O. The Bertz CT molecular complexity index is 796. The van der Waals surface area contributed by atoms with Crippen LogP contribution in [0.3, 0.4) is 0 Å². The van der Waals surface area contributed by atoms with E-state index in [-0.39, 0.29) is 11.6 Å². The molecule has 0 saturated heterocycles. The number of aromatic amines is 1. The second kappa shape index (κ2) is 4.94. The average molecular weight is 290 g/mol. The highest BCUT2D eigenvalue weighted by Gasteiger charge is 2.11. The van der Waals surface area contributed by atoms with Gasteiger partial charge in [-0.15, -0.1) is 5.11 Å². The monoisotopic (exact) mass is 289 g/mol. The summed E-state index contributed by atoms with van der Waals surface area (Å²) >= 11 is 5.77. The van der Waals surface area contributed by atoms with Crippen LogP contribution in [0.4, 0.5) is 15.8 Å². The molecule has 0 saturated carbocycles. The van der Waals surface area contributed by atoms with E-state index in [1.807, 2.05) is 0 Å². The molecule has 0 aliphatic carbocycles. The van der Waals surface area contributed by atoms with Gasteiger partial charge in [0.15, 0.2) is 5.69 Å². The van der Waals surface area contributed by atoms with Crippen molar-refractivity contribution in [3.05, 3.63) is 53.3 Å². The minimum absolute atomic E-state index is 0.150. The lowest BCUT2D eigenvalue weighted by atomic mass is 10.2. The Labute approximate surface area is 118 Å². The van der Waals surface area contributed by atoms with Gasteiger partial charge in [0, 0.05) is 10.4 Å². The van der Waals surface area contributed by atoms with Gasteiger partial charge in [0.05, 0.1) is 11.2 Å². The number of aromatic nitrogens is 1. The molecule has 3 aromatic rings. The molecule has 0 atom stereocenters. The van der Waals surface area contributed by atoms with Gasteiger partial charge in [0.2, 0.25) is 5.88 Å². The van der Waals surface area contributed by atoms with Crippen molar-refractivity contribution in [2.75, 3.05) is 0 Å². The second-order valence-corrected chi connectivity index (χ2v) is 4.62. The molecule has 0 bridgehead atoms. The second-order valence-electron chi connectivity index (χ2n) is 4.19. The van der Waals surface area contributed by atoms with E-state index >= 15 is 0 Å². The molecule has 1 aromatic heterocycles. The van der Waals surface area contributed by atoms with Crippen LogP contribution in [-0.4, -0.2) is 10.1 Å². The molecule has 0 spiro atoms. The molecule has 0 aliphatic rings. The number of halogens is 2. The van der Waals surface area contributed by atoms with E-state index in [9.17, 15) is 9.50 Å². The molecule has 4 nitrogen and oxygen atoms in total. The van der Waals surface area contributed by atoms with Crippen LogP contribution in [0.25, 0.3) is 10.9 Å². The molecule has 2 N–H and O–H groups in total. The van der Waals surface area contributed by atoms with Gasteiger partial charge in [-0.2, -0.15) is 5.11 Å². The summed E-state index contributed by atoms with van der Waals surface area (Å²) in [5.74, 6) is -0.553. The van der Waals surface area contributed by atoms with Crippen LogP contribution in [-0.2, 0) is 0 Å². The summed E-state index contributed by atoms with van der Waals surface area (Å²) < 4.78 is 13.3. The molecule has 0 fully saturated rings. The standard InChI is InChI=1S/C14H9ClFN3O/c15-8-1-4-10(5-2-8)18-19-13-11-7-9(16)3-6-12(11)17-14(13)20/h1-7,17,20H. The fourth-order valence-electron chi connectivity index (χ4n) is 1.85. The van der Waals surface area contributed by atoms with Crippen molar-refractivity contribution in [1.82, 2.24) is 4.98 Å². The lowest BCUT2D eigenvalue weighted by molar-refractivity contribution is 0.459. The Morgan fingerprint density at radius 3 is 2.55 bits per heavy atom. The van der Waals surface area contributed by atoms with E-state index in [0.29, 0.717) is 21.6 Å². The SMILES string of the molecule is Oc1[nH]c2ccc(F)cc2c1N=Nc1ccc(Cl)cc1. The molecule has 0 amide bonds. The van der Waals surface area contributed by atoms with E-state index in [2.05, 4.69) is 15.2 Å². The van der Waals surface area contributed by atoms with Gasteiger partial charge in [-0.3, -0.25) is 0 Å². The number of fused-ring (bicyclic) bond motifs is 1. The van der Waals surface area contributed by atoms with Gasteiger partial charge in [0.1, 0.15) is 5.82 Å². The zero-order valence-electron chi connectivity index (χ0n) is 10.1. The summed E-state index contributed by atoms with van der Waals surface area (Å²) in [5, 5.41) is 18.8. The van der Waals surface area contributed by atoms with Crippen molar-refractivity contribution in [3.8, 4) is 5.88 Å². The molecule has 0 unspecified atom stereocenters. The third-order valence-corrected chi connectivity index (χ3v) is 3.06. The van der Waals surface area contributed by atoms with Crippen LogP contribution < -0.4 is 0 Å². The molecule has 6 heteroatoms. The predicted octanol–water partition coefficient (Wildman–Crippen LogP) is 5.08. The average Bonchev–Trinajstić information content (AvgIpc) is 2.73. The third-order valence-electron chi connectivity index (χ3n) is 2.81. The third kappa shape index (κ3) is 2.35. The number of benzene rings is 2. The number of hydrogen-bond donors (Lipinski definition) is 2. The Morgan fingerprint density at radius 1 is 1.05 bits per heavy atom. The molecular weight excluding hydrogens is 281 g/mol. The molecule has 0 aliphatic heterocycles. The maximum atomic E-state index is 13.3. The number of aromatic hydroxyl groups is 1. The van der Waals surface area contributed by atoms with E-state index in [1.165, 1.54) is 18.2 Å². The summed E-state index contributed by atoms with van der Waals surface area (Å²) in [5.41, 5.74) is 1.38. The molecule has 20 heavy (non-hydrogen) atoms. The van der Waals surface area contributed by atoms with Crippen molar-refractivity contribution in [3.63, 3.8) is 0 Å². The maximum Gasteiger partial charge on any atom is 0.218 e. The molecule has 2 aromatic carbocycles. The van der Waals surface area contributed by atoms with Crippen LogP contribution in [0.5, 0.6) is 5.88 Å². The van der Waals surface area contributed by atoms with Crippen LogP contribution >= 0.6 is 11.6 Å². The van der Waals surface area contributed by atoms with Crippen molar-refractivity contribution < 1.29 is 9.50 Å². The summed E-state index contributed by atoms with van der Waals surface area (Å²) in [4.78, 5) is 2.71. The normalized spacial score (nSPS) is 11.5. The lowest BCUT2D eigenvalue weighted by Gasteiger charge is -1.94. The Morgan fingerprint density at radius 2 is 1.80 bits per heavy atom. The van der Waals surface area contributed by atoms with Crippen LogP contribution in [0.15, 0.2) is 52.7 Å². The highest BCUT2D eigenvalue weighted by molar-refractivity contribution is 6.30. The van der Waals surface area contributed by atoms with Gasteiger partial charge < -0.3 is 10.1 Å². The fourth-order valence-corrected chi connectivity index (χ4v) is 1.98. The van der Waals surface area contributed by atoms with Gasteiger partial charge in [-0.25, -0.2) is 4.39 Å². The number of azo groups is 1. The highest BCUT2D eigenvalue weighted by Crippen LogP contribution is 2.36. The largest absolute Gasteiger partial charge is 0.493 e. The smallest absolute Gasteiger partial charge is 0.218 e. The maximum absolute atomic E-state index is 13.3.